The first-order chi connectivity index (χ1) is 9.86. The van der Waals surface area contributed by atoms with Crippen molar-refractivity contribution in [1.82, 2.24) is 4.57 Å². The summed E-state index contributed by atoms with van der Waals surface area (Å²) in [7, 11) is 3.71. The molecule has 0 aliphatic heterocycles. The summed E-state index contributed by atoms with van der Waals surface area (Å²) < 4.78 is 7.76. The zero-order valence-corrected chi connectivity index (χ0v) is 13.5. The summed E-state index contributed by atoms with van der Waals surface area (Å²) in [5.41, 5.74) is 5.20. The lowest BCUT2D eigenvalue weighted by molar-refractivity contribution is -0.112. The van der Waals surface area contributed by atoms with E-state index < -0.39 is 0 Å². The van der Waals surface area contributed by atoms with Crippen LogP contribution in [0.4, 0.5) is 5.69 Å². The van der Waals surface area contributed by atoms with Gasteiger partial charge in [0.1, 0.15) is 0 Å². The fourth-order valence-electron chi connectivity index (χ4n) is 2.68. The molecule has 1 N–H and O–H groups in total. The van der Waals surface area contributed by atoms with Crippen molar-refractivity contribution in [2.45, 2.75) is 27.7 Å². The number of allylic oxidation sites excluding steroid dienone is 2. The SMILES string of the molecule is COc1c(N/C(C)=C/C(C)=O)ccc2c(C)c(C)n(C)c12. The molecule has 1 aromatic heterocycles. The number of benzene rings is 1. The highest BCUT2D eigenvalue weighted by Crippen LogP contribution is 2.37. The van der Waals surface area contributed by atoms with E-state index >= 15 is 0 Å². The van der Waals surface area contributed by atoms with Crippen LogP contribution in [0.5, 0.6) is 5.75 Å². The van der Waals surface area contributed by atoms with Crippen LogP contribution in [-0.2, 0) is 11.8 Å². The van der Waals surface area contributed by atoms with Gasteiger partial charge in [-0.15, -0.1) is 0 Å². The van der Waals surface area contributed by atoms with Crippen LogP contribution in [0.2, 0.25) is 0 Å². The molecular weight excluding hydrogens is 264 g/mol. The minimum Gasteiger partial charge on any atom is -0.492 e. The predicted octanol–water partition coefficient (Wildman–Crippen LogP) is 3.71. The Hall–Kier alpha value is -2.23. The highest BCUT2D eigenvalue weighted by atomic mass is 16.5. The highest BCUT2D eigenvalue weighted by Gasteiger charge is 2.16. The molecule has 0 atom stereocenters. The number of aryl methyl sites for hydroxylation is 2. The van der Waals surface area contributed by atoms with Crippen LogP contribution in [0, 0.1) is 13.8 Å². The molecule has 4 nitrogen and oxygen atoms in total. The first-order valence-electron chi connectivity index (χ1n) is 6.95. The van der Waals surface area contributed by atoms with E-state index in [9.17, 15) is 4.79 Å². The minimum absolute atomic E-state index is 0.0191. The van der Waals surface area contributed by atoms with Crippen LogP contribution in [0.25, 0.3) is 10.9 Å². The van der Waals surface area contributed by atoms with Crippen molar-refractivity contribution in [3.63, 3.8) is 0 Å². The summed E-state index contributed by atoms with van der Waals surface area (Å²) in [4.78, 5) is 11.2. The van der Waals surface area contributed by atoms with E-state index in [0.717, 1.165) is 22.7 Å². The molecule has 0 spiro atoms. The van der Waals surface area contributed by atoms with Gasteiger partial charge in [0.25, 0.3) is 0 Å². The normalized spacial score (nSPS) is 11.8. The summed E-state index contributed by atoms with van der Waals surface area (Å²) in [6.07, 6.45) is 1.57. The summed E-state index contributed by atoms with van der Waals surface area (Å²) in [6, 6.07) is 4.08. The lowest BCUT2D eigenvalue weighted by Gasteiger charge is -2.14. The Morgan fingerprint density at radius 2 is 1.95 bits per heavy atom. The number of methoxy groups -OCH3 is 1. The maximum absolute atomic E-state index is 11.2. The lowest BCUT2D eigenvalue weighted by Crippen LogP contribution is -2.02. The van der Waals surface area contributed by atoms with E-state index in [4.69, 9.17) is 4.74 Å². The fourth-order valence-corrected chi connectivity index (χ4v) is 2.68. The lowest BCUT2D eigenvalue weighted by atomic mass is 10.1. The summed E-state index contributed by atoms with van der Waals surface area (Å²) >= 11 is 0. The summed E-state index contributed by atoms with van der Waals surface area (Å²) in [6.45, 7) is 7.62. The quantitative estimate of drug-likeness (QED) is 0.871. The van der Waals surface area contributed by atoms with E-state index in [0.29, 0.717) is 0 Å². The number of ether oxygens (including phenoxy) is 1. The van der Waals surface area contributed by atoms with Gasteiger partial charge in [-0.1, -0.05) is 6.07 Å². The number of aromatic nitrogens is 1. The molecule has 1 heterocycles. The topological polar surface area (TPSA) is 43.3 Å². The van der Waals surface area contributed by atoms with Gasteiger partial charge in [0.2, 0.25) is 0 Å². The predicted molar refractivity (Wildman–Crippen MR) is 87.0 cm³/mol. The van der Waals surface area contributed by atoms with Gasteiger partial charge in [-0.05, 0) is 45.4 Å². The number of nitrogens with one attached hydrogen (secondary N) is 1. The molecule has 0 radical (unpaired) electrons. The molecule has 0 aliphatic rings. The molecule has 0 fully saturated rings. The van der Waals surface area contributed by atoms with E-state index in [1.165, 1.54) is 23.6 Å². The number of nitrogens with zero attached hydrogens (tertiary/aromatic N) is 1. The number of anilines is 1. The van der Waals surface area contributed by atoms with Crippen molar-refractivity contribution in [1.29, 1.82) is 0 Å². The van der Waals surface area contributed by atoms with Crippen LogP contribution in [0.3, 0.4) is 0 Å². The van der Waals surface area contributed by atoms with E-state index in [-0.39, 0.29) is 5.78 Å². The molecule has 0 amide bonds. The van der Waals surface area contributed by atoms with Crippen molar-refractivity contribution in [3.8, 4) is 5.75 Å². The van der Waals surface area contributed by atoms with Crippen molar-refractivity contribution in [2.75, 3.05) is 12.4 Å². The molecule has 0 saturated carbocycles. The van der Waals surface area contributed by atoms with Crippen LogP contribution in [-0.4, -0.2) is 17.5 Å². The zero-order valence-electron chi connectivity index (χ0n) is 13.5. The molecular formula is C17H22N2O2. The van der Waals surface area contributed by atoms with E-state index in [1.807, 2.05) is 20.0 Å². The average Bonchev–Trinajstić information content (AvgIpc) is 2.63. The Balaban J connectivity index is 2.61. The first kappa shape index (κ1) is 15.2. The summed E-state index contributed by atoms with van der Waals surface area (Å²) in [5.74, 6) is 0.813. The van der Waals surface area contributed by atoms with Crippen LogP contribution in [0.15, 0.2) is 23.9 Å². The number of carbonyl (C=O) groups is 1. The van der Waals surface area contributed by atoms with Gasteiger partial charge in [0.05, 0.1) is 18.3 Å². The van der Waals surface area contributed by atoms with Crippen molar-refractivity contribution >= 4 is 22.4 Å². The minimum atomic E-state index is 0.0191. The first-order valence-corrected chi connectivity index (χ1v) is 6.95. The van der Waals surface area contributed by atoms with E-state index in [2.05, 4.69) is 29.8 Å². The Bertz CT molecular complexity index is 739. The molecule has 2 aromatic rings. The van der Waals surface area contributed by atoms with Crippen LogP contribution < -0.4 is 10.1 Å². The number of hydrogen-bond acceptors (Lipinski definition) is 3. The second kappa shape index (κ2) is 5.64. The monoisotopic (exact) mass is 286 g/mol. The van der Waals surface area contributed by atoms with Gasteiger partial charge < -0.3 is 14.6 Å². The zero-order chi connectivity index (χ0) is 15.7. The molecule has 112 valence electrons. The van der Waals surface area contributed by atoms with Crippen LogP contribution in [0.1, 0.15) is 25.1 Å². The van der Waals surface area contributed by atoms with Gasteiger partial charge in [0.15, 0.2) is 11.5 Å². The Morgan fingerprint density at radius 1 is 1.29 bits per heavy atom. The molecule has 0 unspecified atom stereocenters. The third kappa shape index (κ3) is 2.66. The molecule has 4 heteroatoms. The Labute approximate surface area is 125 Å². The molecule has 0 saturated heterocycles. The average molecular weight is 286 g/mol. The van der Waals surface area contributed by atoms with Gasteiger partial charge in [-0.25, -0.2) is 0 Å². The second-order valence-electron chi connectivity index (χ2n) is 5.37. The number of hydrogen-bond donors (Lipinski definition) is 1. The second-order valence-corrected chi connectivity index (χ2v) is 5.37. The molecule has 0 aliphatic carbocycles. The molecule has 1 aromatic carbocycles. The Morgan fingerprint density at radius 3 is 2.52 bits per heavy atom. The van der Waals surface area contributed by atoms with Gasteiger partial charge in [-0.2, -0.15) is 0 Å². The van der Waals surface area contributed by atoms with Gasteiger partial charge in [0, 0.05) is 23.8 Å². The molecule has 21 heavy (non-hydrogen) atoms. The van der Waals surface area contributed by atoms with Gasteiger partial charge >= 0.3 is 0 Å². The molecule has 0 bridgehead atoms. The fraction of sp³-hybridized carbons (Fsp3) is 0.353. The number of fused-ring (bicyclic) bond motifs is 1. The highest BCUT2D eigenvalue weighted by molar-refractivity contribution is 5.95. The van der Waals surface area contributed by atoms with Crippen LogP contribution >= 0.6 is 0 Å². The van der Waals surface area contributed by atoms with E-state index in [1.54, 1.807) is 13.2 Å². The maximum atomic E-state index is 11.2. The van der Waals surface area contributed by atoms with Gasteiger partial charge in [-0.3, -0.25) is 4.79 Å². The number of rotatable bonds is 4. The van der Waals surface area contributed by atoms with Crippen molar-refractivity contribution < 1.29 is 9.53 Å². The standard InChI is InChI=1S/C17H22N2O2/c1-10(9-11(2)20)18-15-8-7-14-12(3)13(4)19(5)16(14)17(15)21-6/h7-9,18H,1-6H3/b10-9+. The van der Waals surface area contributed by atoms with Crippen molar-refractivity contribution in [2.24, 2.45) is 7.05 Å². The largest absolute Gasteiger partial charge is 0.492 e. The number of carbonyl (C=O) groups excluding carboxylic acids is 1. The number of ketones is 1. The van der Waals surface area contributed by atoms with Crippen molar-refractivity contribution in [3.05, 3.63) is 35.2 Å². The summed E-state index contributed by atoms with van der Waals surface area (Å²) in [5, 5.41) is 4.43. The third-order valence-electron chi connectivity index (χ3n) is 3.87. The molecule has 2 rings (SSSR count). The smallest absolute Gasteiger partial charge is 0.166 e. The Kier molecular flexibility index (Phi) is 4.07. The maximum Gasteiger partial charge on any atom is 0.166 e. The third-order valence-corrected chi connectivity index (χ3v) is 3.87.